The van der Waals surface area contributed by atoms with Gasteiger partial charge in [-0.05, 0) is 49.7 Å². The molecule has 0 saturated carbocycles. The van der Waals surface area contributed by atoms with Crippen molar-refractivity contribution in [3.05, 3.63) is 54.6 Å². The van der Waals surface area contributed by atoms with Gasteiger partial charge in [0.2, 0.25) is 5.95 Å². The molecule has 0 radical (unpaired) electrons. The van der Waals surface area contributed by atoms with Crippen molar-refractivity contribution >= 4 is 55.7 Å². The molecule has 4 aromatic rings. The van der Waals surface area contributed by atoms with Gasteiger partial charge in [0, 0.05) is 29.9 Å². The van der Waals surface area contributed by atoms with Crippen LogP contribution in [0.15, 0.2) is 48.8 Å². The fourth-order valence-electron chi connectivity index (χ4n) is 3.93. The van der Waals surface area contributed by atoms with E-state index >= 15 is 0 Å². The van der Waals surface area contributed by atoms with Crippen LogP contribution in [0.3, 0.4) is 0 Å². The lowest BCUT2D eigenvalue weighted by atomic mass is 10.2. The Hall–Kier alpha value is -4.51. The van der Waals surface area contributed by atoms with Crippen LogP contribution in [-0.2, 0) is 21.4 Å². The minimum atomic E-state index is -5.40. The van der Waals surface area contributed by atoms with Crippen LogP contribution in [0.2, 0.25) is 0 Å². The molecule has 0 spiro atoms. The number of nitrogens with zero attached hydrogens (tertiary/aromatic N) is 4. The third kappa shape index (κ3) is 6.14. The number of carbonyl (C=O) groups excluding carboxylic acids is 1. The highest BCUT2D eigenvalue weighted by Gasteiger charge is 2.45. The number of rotatable bonds is 9. The Morgan fingerprint density at radius 3 is 2.63 bits per heavy atom. The smallest absolute Gasteiger partial charge is 0.479 e. The lowest BCUT2D eigenvalue weighted by molar-refractivity contribution is -0.122. The van der Waals surface area contributed by atoms with Gasteiger partial charge in [0.1, 0.15) is 5.75 Å². The number of carbonyl (C=O) groups is 1. The largest absolute Gasteiger partial charge is 0.511 e. The number of hydrogen-bond acceptors (Lipinski definition) is 9. The van der Waals surface area contributed by atoms with E-state index in [4.69, 9.17) is 4.74 Å². The van der Waals surface area contributed by atoms with E-state index in [0.717, 1.165) is 6.20 Å². The first-order valence-corrected chi connectivity index (χ1v) is 13.6. The van der Waals surface area contributed by atoms with Crippen LogP contribution in [0.1, 0.15) is 13.3 Å². The van der Waals surface area contributed by atoms with E-state index in [1.165, 1.54) is 15.6 Å². The van der Waals surface area contributed by atoms with Gasteiger partial charge in [-0.3, -0.25) is 9.48 Å². The molecule has 0 fully saturated rings. The number of nitrogens with one attached hydrogen (secondary N) is 4. The number of alkyl halides is 3. The van der Waals surface area contributed by atoms with Crippen molar-refractivity contribution in [2.45, 2.75) is 31.5 Å². The van der Waals surface area contributed by atoms with E-state index in [0.29, 0.717) is 33.7 Å². The summed E-state index contributed by atoms with van der Waals surface area (Å²) in [5.41, 5.74) is -3.27. The number of anilines is 5. The summed E-state index contributed by atoms with van der Waals surface area (Å²) >= 11 is 0. The summed E-state index contributed by atoms with van der Waals surface area (Å²) in [5.74, 6) is -0.561. The van der Waals surface area contributed by atoms with Crippen LogP contribution >= 0.6 is 0 Å². The van der Waals surface area contributed by atoms with Gasteiger partial charge < -0.3 is 20.7 Å². The average molecular weight is 595 g/mol. The van der Waals surface area contributed by atoms with Crippen molar-refractivity contribution in [3.8, 4) is 5.75 Å². The van der Waals surface area contributed by atoms with Crippen LogP contribution in [-0.4, -0.2) is 52.2 Å². The lowest BCUT2D eigenvalue weighted by Gasteiger charge is -2.23. The van der Waals surface area contributed by atoms with Crippen LogP contribution in [0, 0.1) is 5.82 Å². The molecule has 216 valence electrons. The van der Waals surface area contributed by atoms with Crippen LogP contribution in [0.5, 0.6) is 5.75 Å². The zero-order chi connectivity index (χ0) is 29.4. The maximum absolute atomic E-state index is 14.5. The van der Waals surface area contributed by atoms with E-state index in [9.17, 15) is 30.8 Å². The predicted octanol–water partition coefficient (Wildman–Crippen LogP) is 4.00. The minimum absolute atomic E-state index is 0.0774. The Morgan fingerprint density at radius 1 is 1.10 bits per heavy atom. The van der Waals surface area contributed by atoms with E-state index in [1.807, 2.05) is 0 Å². The molecule has 0 saturated heterocycles. The number of benzene rings is 2. The molecule has 1 amide bonds. The van der Waals surface area contributed by atoms with Crippen LogP contribution < -0.4 is 25.4 Å². The molecule has 17 heteroatoms. The second-order valence-electron chi connectivity index (χ2n) is 8.94. The highest BCUT2D eigenvalue weighted by Crippen LogP contribution is 2.33. The summed E-state index contributed by atoms with van der Waals surface area (Å²) in [4.78, 5) is 20.1. The second kappa shape index (κ2) is 10.8. The van der Waals surface area contributed by atoms with Gasteiger partial charge in [0.25, 0.3) is 5.91 Å². The second-order valence-corrected chi connectivity index (χ2v) is 10.7. The van der Waals surface area contributed by atoms with Crippen molar-refractivity contribution in [3.63, 3.8) is 0 Å². The minimum Gasteiger partial charge on any atom is -0.479 e. The Morgan fingerprint density at radius 2 is 1.85 bits per heavy atom. The number of halogens is 4. The Kier molecular flexibility index (Phi) is 7.39. The first kappa shape index (κ1) is 28.0. The third-order valence-electron chi connectivity index (χ3n) is 5.96. The average Bonchev–Trinajstić information content (AvgIpc) is 3.31. The maximum Gasteiger partial charge on any atom is 0.511 e. The van der Waals surface area contributed by atoms with Gasteiger partial charge in [0.05, 0.1) is 23.6 Å². The molecule has 1 aliphatic heterocycles. The first-order chi connectivity index (χ1) is 19.4. The number of hydrogen-bond donors (Lipinski definition) is 4. The molecule has 3 heterocycles. The molecule has 0 bridgehead atoms. The van der Waals surface area contributed by atoms with Crippen molar-refractivity contribution in [1.82, 2.24) is 24.5 Å². The highest BCUT2D eigenvalue weighted by molar-refractivity contribution is 7.90. The molecular weight excluding hydrogens is 572 g/mol. The number of ether oxygens (including phenoxy) is 1. The van der Waals surface area contributed by atoms with E-state index in [1.54, 1.807) is 43.3 Å². The molecule has 12 nitrogen and oxygen atoms in total. The molecule has 1 atom stereocenters. The summed E-state index contributed by atoms with van der Waals surface area (Å²) in [6.07, 6.45) is 1.98. The predicted molar refractivity (Wildman–Crippen MR) is 141 cm³/mol. The summed E-state index contributed by atoms with van der Waals surface area (Å²) in [7, 11) is -5.40. The van der Waals surface area contributed by atoms with Crippen molar-refractivity contribution < 1.29 is 35.5 Å². The number of sulfonamides is 1. The normalized spacial score (nSPS) is 15.2. The van der Waals surface area contributed by atoms with E-state index in [2.05, 4.69) is 31.0 Å². The standard InChI is InChI=1S/C24H22F4N8O4S/c1-13-22(37)34-18-10-16(4-6-20(18)40-13)32-21-17(25)12-29-23(35-21)33-15-3-5-19-14(9-15)11-30-36(19)8-2-7-31-41(38,39)24(26,27)28/h3-6,9-13,31H,2,7-8H2,1H3,(H,34,37)(H2,29,32,33,35)/t13-/m0/s1. The van der Waals surface area contributed by atoms with Gasteiger partial charge in [-0.2, -0.15) is 23.3 Å². The molecule has 2 aromatic heterocycles. The van der Waals surface area contributed by atoms with Gasteiger partial charge in [-0.1, -0.05) is 0 Å². The van der Waals surface area contributed by atoms with Crippen LogP contribution in [0.25, 0.3) is 10.9 Å². The van der Waals surface area contributed by atoms with Crippen molar-refractivity contribution in [2.75, 3.05) is 22.5 Å². The summed E-state index contributed by atoms with van der Waals surface area (Å²) in [5, 5.41) is 13.4. The molecule has 4 N–H and O–H groups in total. The fraction of sp³-hybridized carbons (Fsp3) is 0.250. The van der Waals surface area contributed by atoms with Crippen LogP contribution in [0.4, 0.5) is 46.4 Å². The summed E-state index contributed by atoms with van der Waals surface area (Å²) in [6, 6.07) is 9.98. The Balaban J connectivity index is 1.24. The third-order valence-corrected chi connectivity index (χ3v) is 7.15. The molecule has 5 rings (SSSR count). The highest BCUT2D eigenvalue weighted by atomic mass is 32.2. The molecule has 0 aliphatic carbocycles. The van der Waals surface area contributed by atoms with Crippen molar-refractivity contribution in [2.24, 2.45) is 0 Å². The number of aromatic nitrogens is 4. The van der Waals surface area contributed by atoms with E-state index in [-0.39, 0.29) is 30.6 Å². The fourth-order valence-corrected chi connectivity index (χ4v) is 4.50. The van der Waals surface area contributed by atoms with Crippen molar-refractivity contribution in [1.29, 1.82) is 0 Å². The zero-order valence-electron chi connectivity index (χ0n) is 21.2. The summed E-state index contributed by atoms with van der Waals surface area (Å²) < 4.78 is 82.6. The Labute approximate surface area is 230 Å². The first-order valence-electron chi connectivity index (χ1n) is 12.1. The molecule has 0 unspecified atom stereocenters. The molecular formula is C24H22F4N8O4S. The van der Waals surface area contributed by atoms with E-state index < -0.39 is 34.0 Å². The molecule has 41 heavy (non-hydrogen) atoms. The van der Waals surface area contributed by atoms with Gasteiger partial charge >= 0.3 is 15.5 Å². The van der Waals surface area contributed by atoms with Gasteiger partial charge in [0.15, 0.2) is 17.7 Å². The lowest BCUT2D eigenvalue weighted by Crippen LogP contribution is -2.37. The molecule has 2 aromatic carbocycles. The zero-order valence-corrected chi connectivity index (χ0v) is 22.0. The Bertz CT molecular complexity index is 1730. The number of fused-ring (bicyclic) bond motifs is 2. The SMILES string of the molecule is C[C@@H]1Oc2ccc(Nc3nc(Nc4ccc5c(cnn5CCCNS(=O)(=O)C(F)(F)F)c4)ncc3F)cc2NC1=O. The quantitative estimate of drug-likeness (QED) is 0.166. The topological polar surface area (TPSA) is 152 Å². The summed E-state index contributed by atoms with van der Waals surface area (Å²) in [6.45, 7) is 1.39. The monoisotopic (exact) mass is 594 g/mol. The van der Waals surface area contributed by atoms with Gasteiger partial charge in [-0.15, -0.1) is 0 Å². The molecule has 1 aliphatic rings. The maximum atomic E-state index is 14.5. The number of aryl methyl sites for hydroxylation is 1. The van der Waals surface area contributed by atoms with Gasteiger partial charge in [-0.25, -0.2) is 22.5 Å². The number of amides is 1.